The average molecular weight is 239 g/mol. The number of aromatic nitrogens is 2. The lowest BCUT2D eigenvalue weighted by Crippen LogP contribution is -2.42. The lowest BCUT2D eigenvalue weighted by molar-refractivity contribution is 0.0614. The molecule has 1 N–H and O–H groups in total. The van der Waals surface area contributed by atoms with Crippen molar-refractivity contribution in [3.05, 3.63) is 17.7 Å². The van der Waals surface area contributed by atoms with E-state index in [1.54, 1.807) is 16.6 Å². The molecule has 0 unspecified atom stereocenters. The van der Waals surface area contributed by atoms with E-state index in [1.165, 1.54) is 6.33 Å². The molecule has 0 aromatic carbocycles. The molecule has 0 aliphatic carbocycles. The Morgan fingerprint density at radius 3 is 3.00 bits per heavy atom. The molecule has 0 spiro atoms. The number of carbonyl (C=O) groups is 2. The van der Waals surface area contributed by atoms with Crippen LogP contribution in [0.4, 0.5) is 0 Å². The number of ether oxygens (including phenoxy) is 1. The SMILES string of the molecule is COCCN1CCn2cnc(C(=O)O)c2C1=O. The molecule has 0 bridgehead atoms. The number of fused-ring (bicyclic) bond motifs is 1. The number of imidazole rings is 1. The third kappa shape index (κ3) is 2.01. The van der Waals surface area contributed by atoms with Crippen LogP contribution in [-0.4, -0.2) is 58.2 Å². The molecule has 17 heavy (non-hydrogen) atoms. The Morgan fingerprint density at radius 2 is 2.35 bits per heavy atom. The minimum absolute atomic E-state index is 0.153. The lowest BCUT2D eigenvalue weighted by Gasteiger charge is -2.27. The van der Waals surface area contributed by atoms with E-state index in [-0.39, 0.29) is 17.3 Å². The zero-order valence-electron chi connectivity index (χ0n) is 9.42. The van der Waals surface area contributed by atoms with E-state index in [0.29, 0.717) is 26.2 Å². The van der Waals surface area contributed by atoms with Crippen LogP contribution in [-0.2, 0) is 11.3 Å². The van der Waals surface area contributed by atoms with Crippen LogP contribution in [0, 0.1) is 0 Å². The highest BCUT2D eigenvalue weighted by Gasteiger charge is 2.30. The summed E-state index contributed by atoms with van der Waals surface area (Å²) in [5.41, 5.74) is -0.0306. The molecule has 0 saturated carbocycles. The summed E-state index contributed by atoms with van der Waals surface area (Å²) in [6, 6.07) is 0. The van der Waals surface area contributed by atoms with Crippen molar-refractivity contribution in [3.63, 3.8) is 0 Å². The Labute approximate surface area is 97.6 Å². The minimum atomic E-state index is -1.18. The zero-order chi connectivity index (χ0) is 12.4. The third-order valence-electron chi connectivity index (χ3n) is 2.71. The Balaban J connectivity index is 2.27. The molecule has 1 amide bonds. The summed E-state index contributed by atoms with van der Waals surface area (Å²) in [6.07, 6.45) is 1.39. The van der Waals surface area contributed by atoms with Gasteiger partial charge in [0.2, 0.25) is 0 Å². The predicted octanol–water partition coefficient (Wildman–Crippen LogP) is -0.317. The molecule has 92 valence electrons. The molecule has 7 nitrogen and oxygen atoms in total. The van der Waals surface area contributed by atoms with Gasteiger partial charge in [-0.3, -0.25) is 4.79 Å². The van der Waals surface area contributed by atoms with Gasteiger partial charge in [0, 0.05) is 26.7 Å². The minimum Gasteiger partial charge on any atom is -0.476 e. The molecule has 0 saturated heterocycles. The fraction of sp³-hybridized carbons (Fsp3) is 0.500. The molecule has 1 aromatic heterocycles. The summed E-state index contributed by atoms with van der Waals surface area (Å²) in [7, 11) is 1.56. The first-order chi connectivity index (χ1) is 8.15. The maximum Gasteiger partial charge on any atom is 0.356 e. The van der Waals surface area contributed by atoms with Crippen molar-refractivity contribution >= 4 is 11.9 Å². The molecular formula is C10H13N3O4. The number of hydrogen-bond donors (Lipinski definition) is 1. The summed E-state index contributed by atoms with van der Waals surface area (Å²) in [5.74, 6) is -1.48. The van der Waals surface area contributed by atoms with Gasteiger partial charge in [-0.2, -0.15) is 0 Å². The van der Waals surface area contributed by atoms with Crippen molar-refractivity contribution in [2.75, 3.05) is 26.8 Å². The van der Waals surface area contributed by atoms with Crippen LogP contribution in [0.25, 0.3) is 0 Å². The summed E-state index contributed by atoms with van der Waals surface area (Å²) < 4.78 is 6.49. The highest BCUT2D eigenvalue weighted by atomic mass is 16.5. The van der Waals surface area contributed by atoms with E-state index < -0.39 is 5.97 Å². The third-order valence-corrected chi connectivity index (χ3v) is 2.71. The summed E-state index contributed by atoms with van der Waals surface area (Å²) in [5, 5.41) is 8.94. The van der Waals surface area contributed by atoms with Crippen molar-refractivity contribution in [2.24, 2.45) is 0 Å². The fourth-order valence-corrected chi connectivity index (χ4v) is 1.83. The Morgan fingerprint density at radius 1 is 1.59 bits per heavy atom. The maximum atomic E-state index is 12.1. The Hall–Kier alpha value is -1.89. The van der Waals surface area contributed by atoms with Gasteiger partial charge < -0.3 is 19.3 Å². The smallest absolute Gasteiger partial charge is 0.356 e. The molecule has 0 atom stereocenters. The summed E-state index contributed by atoms with van der Waals surface area (Å²) >= 11 is 0. The molecule has 0 fully saturated rings. The Bertz CT molecular complexity index is 454. The van der Waals surface area contributed by atoms with Crippen LogP contribution >= 0.6 is 0 Å². The number of carboxylic acid groups (broad SMARTS) is 1. The van der Waals surface area contributed by atoms with Crippen molar-refractivity contribution < 1.29 is 19.4 Å². The molecule has 1 aliphatic rings. The van der Waals surface area contributed by atoms with Crippen molar-refractivity contribution in [2.45, 2.75) is 6.54 Å². The maximum absolute atomic E-state index is 12.1. The van der Waals surface area contributed by atoms with Gasteiger partial charge in [-0.25, -0.2) is 9.78 Å². The first-order valence-electron chi connectivity index (χ1n) is 5.21. The molecule has 7 heteroatoms. The molecule has 2 heterocycles. The van der Waals surface area contributed by atoms with Crippen LogP contribution in [0.3, 0.4) is 0 Å². The second-order valence-electron chi connectivity index (χ2n) is 3.73. The zero-order valence-corrected chi connectivity index (χ0v) is 9.42. The highest BCUT2D eigenvalue weighted by Crippen LogP contribution is 2.16. The number of carboxylic acids is 1. The van der Waals surface area contributed by atoms with Crippen LogP contribution < -0.4 is 0 Å². The quantitative estimate of drug-likeness (QED) is 0.778. The van der Waals surface area contributed by atoms with Crippen LogP contribution in [0.2, 0.25) is 0 Å². The van der Waals surface area contributed by atoms with E-state index >= 15 is 0 Å². The topological polar surface area (TPSA) is 84.7 Å². The van der Waals surface area contributed by atoms with E-state index in [4.69, 9.17) is 9.84 Å². The number of aromatic carboxylic acids is 1. The second kappa shape index (κ2) is 4.54. The first kappa shape index (κ1) is 11.6. The number of hydrogen-bond acceptors (Lipinski definition) is 4. The van der Waals surface area contributed by atoms with E-state index in [0.717, 1.165) is 0 Å². The standard InChI is InChI=1S/C10H13N3O4/c1-17-5-4-12-2-3-13-6-11-7(10(15)16)8(13)9(12)14/h6H,2-5H2,1H3,(H,15,16). The Kier molecular flexibility index (Phi) is 3.10. The van der Waals surface area contributed by atoms with Crippen LogP contribution in [0.15, 0.2) is 6.33 Å². The highest BCUT2D eigenvalue weighted by molar-refractivity contribution is 6.02. The molecule has 1 aliphatic heterocycles. The van der Waals surface area contributed by atoms with Gasteiger partial charge in [-0.15, -0.1) is 0 Å². The lowest BCUT2D eigenvalue weighted by atomic mass is 10.2. The average Bonchev–Trinajstić information content (AvgIpc) is 2.73. The van der Waals surface area contributed by atoms with E-state index in [2.05, 4.69) is 4.98 Å². The van der Waals surface area contributed by atoms with Gasteiger partial charge >= 0.3 is 5.97 Å². The van der Waals surface area contributed by atoms with Gasteiger partial charge in [0.25, 0.3) is 5.91 Å². The van der Waals surface area contributed by atoms with Gasteiger partial charge in [-0.1, -0.05) is 0 Å². The predicted molar refractivity (Wildman–Crippen MR) is 57.0 cm³/mol. The van der Waals surface area contributed by atoms with Crippen LogP contribution in [0.5, 0.6) is 0 Å². The largest absolute Gasteiger partial charge is 0.476 e. The van der Waals surface area contributed by atoms with E-state index in [9.17, 15) is 9.59 Å². The second-order valence-corrected chi connectivity index (χ2v) is 3.73. The number of nitrogens with zero attached hydrogens (tertiary/aromatic N) is 3. The van der Waals surface area contributed by atoms with Gasteiger partial charge in [0.1, 0.15) is 5.69 Å². The molecular weight excluding hydrogens is 226 g/mol. The van der Waals surface area contributed by atoms with Crippen LogP contribution in [0.1, 0.15) is 21.0 Å². The number of methoxy groups -OCH3 is 1. The van der Waals surface area contributed by atoms with Gasteiger partial charge in [-0.05, 0) is 0 Å². The van der Waals surface area contributed by atoms with Crippen molar-refractivity contribution in [1.29, 1.82) is 0 Å². The van der Waals surface area contributed by atoms with Crippen molar-refractivity contribution in [3.8, 4) is 0 Å². The normalized spacial score (nSPS) is 14.9. The fourth-order valence-electron chi connectivity index (χ4n) is 1.83. The monoisotopic (exact) mass is 239 g/mol. The molecule has 2 rings (SSSR count). The number of rotatable bonds is 4. The molecule has 0 radical (unpaired) electrons. The van der Waals surface area contributed by atoms with E-state index in [1.807, 2.05) is 0 Å². The van der Waals surface area contributed by atoms with Crippen molar-refractivity contribution in [1.82, 2.24) is 14.5 Å². The number of amides is 1. The van der Waals surface area contributed by atoms with Gasteiger partial charge in [0.05, 0.1) is 12.9 Å². The number of carbonyl (C=O) groups excluding carboxylic acids is 1. The summed E-state index contributed by atoms with van der Waals surface area (Å²) in [6.45, 7) is 2.00. The summed E-state index contributed by atoms with van der Waals surface area (Å²) in [4.78, 5) is 28.3. The molecule has 1 aromatic rings. The van der Waals surface area contributed by atoms with Gasteiger partial charge in [0.15, 0.2) is 5.69 Å². The first-order valence-corrected chi connectivity index (χ1v) is 5.21.